The molecule has 0 heterocycles. The third-order valence-electron chi connectivity index (χ3n) is 4.68. The molecule has 0 aromatic rings. The summed E-state index contributed by atoms with van der Waals surface area (Å²) in [5, 5.41) is 8.95. The molecule has 1 fully saturated rings. The van der Waals surface area contributed by atoms with Gasteiger partial charge in [0.2, 0.25) is 0 Å². The SMILES string of the molecule is CC(CCCC1CCCCC1)CCC(CN)C(=O)O. The number of aliphatic carboxylic acids is 1. The van der Waals surface area contributed by atoms with E-state index in [4.69, 9.17) is 10.8 Å². The lowest BCUT2D eigenvalue weighted by Gasteiger charge is -2.22. The van der Waals surface area contributed by atoms with Gasteiger partial charge >= 0.3 is 5.97 Å². The van der Waals surface area contributed by atoms with Gasteiger partial charge in [-0.2, -0.15) is 0 Å². The molecular formula is C16H31NO2. The second-order valence-corrected chi connectivity index (χ2v) is 6.39. The van der Waals surface area contributed by atoms with Crippen molar-refractivity contribution in [3.63, 3.8) is 0 Å². The summed E-state index contributed by atoms with van der Waals surface area (Å²) < 4.78 is 0. The lowest BCUT2D eigenvalue weighted by Crippen LogP contribution is -2.23. The van der Waals surface area contributed by atoms with E-state index in [0.717, 1.165) is 18.8 Å². The number of hydrogen-bond donors (Lipinski definition) is 2. The molecule has 1 rings (SSSR count). The standard InChI is InChI=1S/C16H31NO2/c1-13(10-11-15(12-17)16(18)19)6-5-9-14-7-3-2-4-8-14/h13-15H,2-12,17H2,1H3,(H,18,19). The maximum atomic E-state index is 10.9. The number of carboxylic acid groups (broad SMARTS) is 1. The van der Waals surface area contributed by atoms with Gasteiger partial charge in [-0.15, -0.1) is 0 Å². The monoisotopic (exact) mass is 269 g/mol. The molecule has 0 amide bonds. The first-order chi connectivity index (χ1) is 9.13. The van der Waals surface area contributed by atoms with Crippen LogP contribution in [0.1, 0.15) is 71.1 Å². The first-order valence-corrected chi connectivity index (χ1v) is 8.06. The minimum atomic E-state index is -0.739. The molecule has 2 unspecified atom stereocenters. The number of rotatable bonds is 9. The predicted octanol–water partition coefficient (Wildman–Crippen LogP) is 3.81. The van der Waals surface area contributed by atoms with Crippen molar-refractivity contribution in [2.24, 2.45) is 23.5 Å². The Labute approximate surface area is 118 Å². The minimum Gasteiger partial charge on any atom is -0.481 e. The van der Waals surface area contributed by atoms with E-state index in [2.05, 4.69) is 6.92 Å². The molecule has 0 aliphatic heterocycles. The van der Waals surface area contributed by atoms with Gasteiger partial charge in [-0.1, -0.05) is 58.3 Å². The van der Waals surface area contributed by atoms with E-state index in [1.165, 1.54) is 51.4 Å². The minimum absolute atomic E-state index is 0.268. The number of carbonyl (C=O) groups is 1. The summed E-state index contributed by atoms with van der Waals surface area (Å²) in [6.07, 6.45) is 12.8. The smallest absolute Gasteiger partial charge is 0.307 e. The highest BCUT2D eigenvalue weighted by molar-refractivity contribution is 5.70. The first-order valence-electron chi connectivity index (χ1n) is 8.06. The molecule has 2 atom stereocenters. The fourth-order valence-electron chi connectivity index (χ4n) is 3.20. The Morgan fingerprint density at radius 1 is 1.21 bits per heavy atom. The number of carboxylic acids is 1. The molecule has 1 aliphatic carbocycles. The molecule has 0 spiro atoms. The second-order valence-electron chi connectivity index (χ2n) is 6.39. The average Bonchev–Trinajstić information content (AvgIpc) is 2.40. The molecule has 0 saturated heterocycles. The van der Waals surface area contributed by atoms with Gasteiger partial charge in [-0.05, 0) is 24.7 Å². The van der Waals surface area contributed by atoms with E-state index in [0.29, 0.717) is 5.92 Å². The van der Waals surface area contributed by atoms with Gasteiger partial charge in [0.05, 0.1) is 5.92 Å². The van der Waals surface area contributed by atoms with Crippen LogP contribution >= 0.6 is 0 Å². The molecule has 3 N–H and O–H groups in total. The van der Waals surface area contributed by atoms with Gasteiger partial charge in [-0.25, -0.2) is 0 Å². The van der Waals surface area contributed by atoms with Gasteiger partial charge in [0.1, 0.15) is 0 Å². The van der Waals surface area contributed by atoms with E-state index in [9.17, 15) is 4.79 Å². The van der Waals surface area contributed by atoms with Crippen molar-refractivity contribution in [3.8, 4) is 0 Å². The third kappa shape index (κ3) is 6.95. The van der Waals surface area contributed by atoms with Crippen molar-refractivity contribution in [2.45, 2.75) is 71.1 Å². The molecule has 112 valence electrons. The van der Waals surface area contributed by atoms with Gasteiger partial charge in [0.25, 0.3) is 0 Å². The van der Waals surface area contributed by atoms with Crippen molar-refractivity contribution >= 4 is 5.97 Å². The van der Waals surface area contributed by atoms with Gasteiger partial charge in [0.15, 0.2) is 0 Å². The zero-order chi connectivity index (χ0) is 14.1. The summed E-state index contributed by atoms with van der Waals surface area (Å²) in [4.78, 5) is 10.9. The summed E-state index contributed by atoms with van der Waals surface area (Å²) in [5.41, 5.74) is 5.48. The van der Waals surface area contributed by atoms with Crippen molar-refractivity contribution in [1.82, 2.24) is 0 Å². The van der Waals surface area contributed by atoms with Crippen molar-refractivity contribution in [1.29, 1.82) is 0 Å². The Bertz CT molecular complexity index is 249. The molecule has 1 saturated carbocycles. The Balaban J connectivity index is 2.06. The Kier molecular flexibility index (Phi) is 8.11. The summed E-state index contributed by atoms with van der Waals surface area (Å²) in [7, 11) is 0. The Hall–Kier alpha value is -0.570. The van der Waals surface area contributed by atoms with Crippen LogP contribution in [0.2, 0.25) is 0 Å². The van der Waals surface area contributed by atoms with Crippen LogP contribution in [0, 0.1) is 17.8 Å². The topological polar surface area (TPSA) is 63.3 Å². The van der Waals surface area contributed by atoms with Crippen LogP contribution in [0.4, 0.5) is 0 Å². The molecule has 0 bridgehead atoms. The van der Waals surface area contributed by atoms with Crippen LogP contribution in [0.25, 0.3) is 0 Å². The van der Waals surface area contributed by atoms with E-state index >= 15 is 0 Å². The maximum Gasteiger partial charge on any atom is 0.307 e. The molecule has 0 aromatic heterocycles. The Morgan fingerprint density at radius 2 is 1.89 bits per heavy atom. The first kappa shape index (κ1) is 16.5. The molecule has 3 heteroatoms. The highest BCUT2D eigenvalue weighted by atomic mass is 16.4. The van der Waals surface area contributed by atoms with Gasteiger partial charge < -0.3 is 10.8 Å². The van der Waals surface area contributed by atoms with Crippen molar-refractivity contribution < 1.29 is 9.90 Å². The molecule has 3 nitrogen and oxygen atoms in total. The predicted molar refractivity (Wildman–Crippen MR) is 79.0 cm³/mol. The lowest BCUT2D eigenvalue weighted by molar-refractivity contribution is -0.141. The zero-order valence-electron chi connectivity index (χ0n) is 12.4. The third-order valence-corrected chi connectivity index (χ3v) is 4.68. The van der Waals surface area contributed by atoms with Crippen LogP contribution < -0.4 is 5.73 Å². The fourth-order valence-corrected chi connectivity index (χ4v) is 3.20. The van der Waals surface area contributed by atoms with E-state index in [-0.39, 0.29) is 12.5 Å². The van der Waals surface area contributed by atoms with Crippen LogP contribution in [-0.4, -0.2) is 17.6 Å². The van der Waals surface area contributed by atoms with Gasteiger partial charge in [-0.3, -0.25) is 4.79 Å². The molecular weight excluding hydrogens is 238 g/mol. The fraction of sp³-hybridized carbons (Fsp3) is 0.938. The van der Waals surface area contributed by atoms with E-state index < -0.39 is 5.97 Å². The lowest BCUT2D eigenvalue weighted by atomic mass is 9.84. The second kappa shape index (κ2) is 9.35. The summed E-state index contributed by atoms with van der Waals surface area (Å²) in [6, 6.07) is 0. The van der Waals surface area contributed by atoms with Crippen LogP contribution in [0.5, 0.6) is 0 Å². The normalized spacial score (nSPS) is 20.1. The molecule has 0 aromatic carbocycles. The van der Waals surface area contributed by atoms with Crippen LogP contribution in [0.3, 0.4) is 0 Å². The molecule has 1 aliphatic rings. The number of hydrogen-bond acceptors (Lipinski definition) is 2. The highest BCUT2D eigenvalue weighted by Crippen LogP contribution is 2.29. The van der Waals surface area contributed by atoms with E-state index in [1.807, 2.05) is 0 Å². The van der Waals surface area contributed by atoms with Gasteiger partial charge in [0, 0.05) is 6.54 Å². The maximum absolute atomic E-state index is 10.9. The average molecular weight is 269 g/mol. The van der Waals surface area contributed by atoms with Crippen molar-refractivity contribution in [3.05, 3.63) is 0 Å². The zero-order valence-corrected chi connectivity index (χ0v) is 12.4. The number of nitrogens with two attached hydrogens (primary N) is 1. The summed E-state index contributed by atoms with van der Waals surface area (Å²) in [6.45, 7) is 2.51. The largest absolute Gasteiger partial charge is 0.481 e. The summed E-state index contributed by atoms with van der Waals surface area (Å²) >= 11 is 0. The Morgan fingerprint density at radius 3 is 2.47 bits per heavy atom. The van der Waals surface area contributed by atoms with Crippen molar-refractivity contribution in [2.75, 3.05) is 6.54 Å². The van der Waals surface area contributed by atoms with Crippen LogP contribution in [-0.2, 0) is 4.79 Å². The van der Waals surface area contributed by atoms with Crippen LogP contribution in [0.15, 0.2) is 0 Å². The van der Waals surface area contributed by atoms with E-state index in [1.54, 1.807) is 0 Å². The molecule has 0 radical (unpaired) electrons. The summed E-state index contributed by atoms with van der Waals surface area (Å²) in [5.74, 6) is 0.520. The highest BCUT2D eigenvalue weighted by Gasteiger charge is 2.17. The quantitative estimate of drug-likeness (QED) is 0.669. The molecule has 19 heavy (non-hydrogen) atoms.